The molecule has 0 heterocycles. The summed E-state index contributed by atoms with van der Waals surface area (Å²) >= 11 is 0. The van der Waals surface area contributed by atoms with E-state index in [4.69, 9.17) is 14.2 Å². The van der Waals surface area contributed by atoms with Crippen molar-refractivity contribution in [2.45, 2.75) is 20.3 Å². The molecule has 0 saturated carbocycles. The SMILES string of the molecule is CCCOCCOCCOc1cccc(C(C)=O)c1. The van der Waals surface area contributed by atoms with Gasteiger partial charge in [-0.1, -0.05) is 19.1 Å². The Balaban J connectivity index is 2.12. The fraction of sp³-hybridized carbons (Fsp3) is 0.533. The molecule has 1 rings (SSSR count). The molecule has 0 atom stereocenters. The molecule has 0 bridgehead atoms. The van der Waals surface area contributed by atoms with E-state index in [0.29, 0.717) is 37.7 Å². The number of hydrogen-bond acceptors (Lipinski definition) is 4. The predicted molar refractivity (Wildman–Crippen MR) is 73.9 cm³/mol. The Morgan fingerprint density at radius 3 is 2.42 bits per heavy atom. The predicted octanol–water partition coefficient (Wildman–Crippen LogP) is 2.71. The minimum atomic E-state index is 0.0368. The molecule has 1 aromatic rings. The van der Waals surface area contributed by atoms with E-state index in [1.54, 1.807) is 19.1 Å². The molecule has 0 aliphatic rings. The highest BCUT2D eigenvalue weighted by Gasteiger charge is 2.00. The molecule has 1 aromatic carbocycles. The Bertz CT molecular complexity index is 376. The van der Waals surface area contributed by atoms with Crippen molar-refractivity contribution in [3.05, 3.63) is 29.8 Å². The molecule has 0 unspecified atom stereocenters. The average Bonchev–Trinajstić information content (AvgIpc) is 2.42. The summed E-state index contributed by atoms with van der Waals surface area (Å²) in [5.74, 6) is 0.730. The van der Waals surface area contributed by atoms with Crippen LogP contribution >= 0.6 is 0 Å². The topological polar surface area (TPSA) is 44.8 Å². The number of ether oxygens (including phenoxy) is 3. The van der Waals surface area contributed by atoms with Gasteiger partial charge in [0, 0.05) is 12.2 Å². The molecular weight excluding hydrogens is 244 g/mol. The summed E-state index contributed by atoms with van der Waals surface area (Å²) in [6.07, 6.45) is 1.02. The van der Waals surface area contributed by atoms with Gasteiger partial charge in [0.1, 0.15) is 12.4 Å². The van der Waals surface area contributed by atoms with E-state index in [1.807, 2.05) is 12.1 Å². The van der Waals surface area contributed by atoms with Crippen LogP contribution in [0.1, 0.15) is 30.6 Å². The van der Waals surface area contributed by atoms with Gasteiger partial charge >= 0.3 is 0 Å². The number of carbonyl (C=O) groups is 1. The van der Waals surface area contributed by atoms with Gasteiger partial charge < -0.3 is 14.2 Å². The molecule has 0 amide bonds. The van der Waals surface area contributed by atoms with E-state index < -0.39 is 0 Å². The summed E-state index contributed by atoms with van der Waals surface area (Å²) in [5.41, 5.74) is 0.659. The van der Waals surface area contributed by atoms with E-state index in [-0.39, 0.29) is 5.78 Å². The first-order valence-electron chi connectivity index (χ1n) is 6.63. The molecule has 0 spiro atoms. The van der Waals surface area contributed by atoms with Crippen molar-refractivity contribution in [1.29, 1.82) is 0 Å². The Morgan fingerprint density at radius 2 is 1.74 bits per heavy atom. The van der Waals surface area contributed by atoms with Crippen molar-refractivity contribution in [1.82, 2.24) is 0 Å². The second kappa shape index (κ2) is 9.53. The van der Waals surface area contributed by atoms with E-state index in [0.717, 1.165) is 13.0 Å². The van der Waals surface area contributed by atoms with Gasteiger partial charge in [-0.25, -0.2) is 0 Å². The van der Waals surface area contributed by atoms with Gasteiger partial charge in [0.15, 0.2) is 5.78 Å². The Morgan fingerprint density at radius 1 is 1.05 bits per heavy atom. The van der Waals surface area contributed by atoms with Crippen LogP contribution in [0.15, 0.2) is 24.3 Å². The molecule has 0 aliphatic carbocycles. The van der Waals surface area contributed by atoms with Crippen molar-refractivity contribution in [2.75, 3.05) is 33.0 Å². The highest BCUT2D eigenvalue weighted by molar-refractivity contribution is 5.94. The Hall–Kier alpha value is -1.39. The first kappa shape index (κ1) is 15.7. The summed E-state index contributed by atoms with van der Waals surface area (Å²) in [5, 5.41) is 0. The maximum Gasteiger partial charge on any atom is 0.159 e. The van der Waals surface area contributed by atoms with Gasteiger partial charge in [0.05, 0.1) is 19.8 Å². The van der Waals surface area contributed by atoms with Gasteiger partial charge in [0.25, 0.3) is 0 Å². The van der Waals surface area contributed by atoms with Gasteiger partial charge in [-0.05, 0) is 25.5 Å². The highest BCUT2D eigenvalue weighted by Crippen LogP contribution is 2.13. The summed E-state index contributed by atoms with van der Waals surface area (Å²) in [4.78, 5) is 11.2. The van der Waals surface area contributed by atoms with Crippen molar-refractivity contribution in [3.63, 3.8) is 0 Å². The molecule has 0 aromatic heterocycles. The van der Waals surface area contributed by atoms with Crippen LogP contribution in [0, 0.1) is 0 Å². The molecule has 0 aliphatic heterocycles. The molecule has 19 heavy (non-hydrogen) atoms. The average molecular weight is 266 g/mol. The number of rotatable bonds is 10. The Kier molecular flexibility index (Phi) is 7.86. The zero-order chi connectivity index (χ0) is 13.9. The van der Waals surface area contributed by atoms with Crippen LogP contribution in [0.3, 0.4) is 0 Å². The minimum absolute atomic E-state index is 0.0368. The number of benzene rings is 1. The first-order valence-corrected chi connectivity index (χ1v) is 6.63. The lowest BCUT2D eigenvalue weighted by molar-refractivity contribution is 0.0366. The smallest absolute Gasteiger partial charge is 0.159 e. The fourth-order valence-electron chi connectivity index (χ4n) is 1.49. The highest BCUT2D eigenvalue weighted by atomic mass is 16.5. The molecule has 0 fully saturated rings. The zero-order valence-corrected chi connectivity index (χ0v) is 11.7. The maximum absolute atomic E-state index is 11.2. The molecule has 106 valence electrons. The monoisotopic (exact) mass is 266 g/mol. The van der Waals surface area contributed by atoms with Crippen molar-refractivity contribution < 1.29 is 19.0 Å². The number of hydrogen-bond donors (Lipinski definition) is 0. The van der Waals surface area contributed by atoms with Crippen LogP contribution < -0.4 is 4.74 Å². The Labute approximate surface area is 114 Å². The molecule has 4 heteroatoms. The van der Waals surface area contributed by atoms with Gasteiger partial charge in [0.2, 0.25) is 0 Å². The van der Waals surface area contributed by atoms with Crippen molar-refractivity contribution in [2.24, 2.45) is 0 Å². The van der Waals surface area contributed by atoms with Gasteiger partial charge in [-0.15, -0.1) is 0 Å². The largest absolute Gasteiger partial charge is 0.491 e. The molecule has 0 radical (unpaired) electrons. The standard InChI is InChI=1S/C15H22O4/c1-3-7-17-8-9-18-10-11-19-15-6-4-5-14(12-15)13(2)16/h4-6,12H,3,7-11H2,1-2H3. The van der Waals surface area contributed by atoms with Crippen molar-refractivity contribution >= 4 is 5.78 Å². The first-order chi connectivity index (χ1) is 9.24. The summed E-state index contributed by atoms with van der Waals surface area (Å²) < 4.78 is 16.2. The van der Waals surface area contributed by atoms with Crippen LogP contribution in [0.25, 0.3) is 0 Å². The number of carbonyl (C=O) groups excluding carboxylic acids is 1. The lowest BCUT2D eigenvalue weighted by atomic mass is 10.1. The van der Waals surface area contributed by atoms with E-state index in [2.05, 4.69) is 6.92 Å². The molecule has 0 N–H and O–H groups in total. The van der Waals surface area contributed by atoms with E-state index in [9.17, 15) is 4.79 Å². The van der Waals surface area contributed by atoms with Crippen molar-refractivity contribution in [3.8, 4) is 5.75 Å². The lowest BCUT2D eigenvalue weighted by Gasteiger charge is -2.08. The van der Waals surface area contributed by atoms with Crippen LogP contribution in [-0.2, 0) is 9.47 Å². The van der Waals surface area contributed by atoms with Gasteiger partial charge in [-0.3, -0.25) is 4.79 Å². The van der Waals surface area contributed by atoms with Crippen LogP contribution in [0.5, 0.6) is 5.75 Å². The summed E-state index contributed by atoms with van der Waals surface area (Å²) in [6.45, 7) is 6.57. The molecular formula is C15H22O4. The number of Topliss-reactive ketones (excluding diaryl/α,β-unsaturated/α-hetero) is 1. The van der Waals surface area contributed by atoms with Gasteiger partial charge in [-0.2, -0.15) is 0 Å². The maximum atomic E-state index is 11.2. The second-order valence-corrected chi connectivity index (χ2v) is 4.16. The second-order valence-electron chi connectivity index (χ2n) is 4.16. The summed E-state index contributed by atoms with van der Waals surface area (Å²) in [7, 11) is 0. The molecule has 4 nitrogen and oxygen atoms in total. The summed E-state index contributed by atoms with van der Waals surface area (Å²) in [6, 6.07) is 7.16. The van der Waals surface area contributed by atoms with E-state index in [1.165, 1.54) is 0 Å². The number of ketones is 1. The lowest BCUT2D eigenvalue weighted by Crippen LogP contribution is -2.11. The van der Waals surface area contributed by atoms with E-state index >= 15 is 0 Å². The normalized spacial score (nSPS) is 10.4. The fourth-order valence-corrected chi connectivity index (χ4v) is 1.49. The van der Waals surface area contributed by atoms with Crippen LogP contribution in [0.2, 0.25) is 0 Å². The molecule has 0 saturated heterocycles. The minimum Gasteiger partial charge on any atom is -0.491 e. The third kappa shape index (κ3) is 6.94. The quantitative estimate of drug-likeness (QED) is 0.482. The van der Waals surface area contributed by atoms with Crippen LogP contribution in [0.4, 0.5) is 0 Å². The third-order valence-electron chi connectivity index (χ3n) is 2.46. The van der Waals surface area contributed by atoms with Crippen LogP contribution in [-0.4, -0.2) is 38.8 Å². The zero-order valence-electron chi connectivity index (χ0n) is 11.7. The third-order valence-corrected chi connectivity index (χ3v) is 2.46.